The summed E-state index contributed by atoms with van der Waals surface area (Å²) in [5, 5.41) is 2.68. The minimum atomic E-state index is -4.49. The molecule has 106 valence electrons. The third-order valence-corrected chi connectivity index (χ3v) is 3.49. The molecule has 0 saturated carbocycles. The Morgan fingerprint density at radius 3 is 2.40 bits per heavy atom. The molecular formula is C14H10BrF4N. The minimum absolute atomic E-state index is 0.171. The molecule has 1 N–H and O–H groups in total. The van der Waals surface area contributed by atoms with Gasteiger partial charge in [0.05, 0.1) is 11.3 Å². The van der Waals surface area contributed by atoms with Crippen LogP contribution in [0.1, 0.15) is 11.1 Å². The van der Waals surface area contributed by atoms with Gasteiger partial charge in [0.1, 0.15) is 5.82 Å². The number of rotatable bonds is 3. The molecule has 0 heterocycles. The molecule has 0 aromatic heterocycles. The maximum absolute atomic E-state index is 13.5. The van der Waals surface area contributed by atoms with Gasteiger partial charge in [0.15, 0.2) is 0 Å². The maximum Gasteiger partial charge on any atom is 0.416 e. The van der Waals surface area contributed by atoms with Crippen LogP contribution >= 0.6 is 15.9 Å². The summed E-state index contributed by atoms with van der Waals surface area (Å²) in [5.74, 6) is -0.718. The molecule has 0 atom stereocenters. The Balaban J connectivity index is 2.19. The fraction of sp³-hybridized carbons (Fsp3) is 0.143. The van der Waals surface area contributed by atoms with Crippen LogP contribution in [0.5, 0.6) is 0 Å². The van der Waals surface area contributed by atoms with Crippen LogP contribution in [0.3, 0.4) is 0 Å². The van der Waals surface area contributed by atoms with Crippen molar-refractivity contribution >= 4 is 21.6 Å². The minimum Gasteiger partial charge on any atom is -0.379 e. The summed E-state index contributed by atoms with van der Waals surface area (Å²) in [5.41, 5.74) is -0.228. The van der Waals surface area contributed by atoms with E-state index < -0.39 is 17.6 Å². The molecule has 0 bridgehead atoms. The van der Waals surface area contributed by atoms with Crippen molar-refractivity contribution < 1.29 is 17.6 Å². The monoisotopic (exact) mass is 347 g/mol. The average Bonchev–Trinajstić information content (AvgIpc) is 2.38. The van der Waals surface area contributed by atoms with Gasteiger partial charge in [0.25, 0.3) is 0 Å². The van der Waals surface area contributed by atoms with Gasteiger partial charge in [-0.15, -0.1) is 0 Å². The molecule has 2 rings (SSSR count). The first-order valence-corrected chi connectivity index (χ1v) is 6.51. The van der Waals surface area contributed by atoms with Crippen LogP contribution in [0.2, 0.25) is 0 Å². The van der Waals surface area contributed by atoms with Crippen molar-refractivity contribution in [2.75, 3.05) is 5.32 Å². The predicted octanol–water partition coefficient (Wildman–Crippen LogP) is 5.22. The summed E-state index contributed by atoms with van der Waals surface area (Å²) in [6.45, 7) is 0.222. The number of benzene rings is 2. The van der Waals surface area contributed by atoms with E-state index in [2.05, 4.69) is 21.2 Å². The molecule has 0 aliphatic carbocycles. The fourth-order valence-electron chi connectivity index (χ4n) is 1.67. The maximum atomic E-state index is 13.5. The van der Waals surface area contributed by atoms with E-state index in [1.807, 2.05) is 6.07 Å². The summed E-state index contributed by atoms with van der Waals surface area (Å²) in [7, 11) is 0. The lowest BCUT2D eigenvalue weighted by Gasteiger charge is -2.12. The van der Waals surface area contributed by atoms with Crippen molar-refractivity contribution in [3.05, 3.63) is 63.9 Å². The Bertz CT molecular complexity index is 610. The van der Waals surface area contributed by atoms with Crippen molar-refractivity contribution in [2.24, 2.45) is 0 Å². The highest BCUT2D eigenvalue weighted by Gasteiger charge is 2.31. The van der Waals surface area contributed by atoms with E-state index in [0.717, 1.165) is 28.2 Å². The van der Waals surface area contributed by atoms with Crippen molar-refractivity contribution in [3.8, 4) is 0 Å². The fourth-order valence-corrected chi connectivity index (χ4v) is 2.09. The van der Waals surface area contributed by atoms with E-state index >= 15 is 0 Å². The van der Waals surface area contributed by atoms with Crippen molar-refractivity contribution in [1.29, 1.82) is 0 Å². The molecule has 0 aliphatic rings. The van der Waals surface area contributed by atoms with Crippen LogP contribution in [0.15, 0.2) is 46.9 Å². The summed E-state index contributed by atoms with van der Waals surface area (Å²) in [4.78, 5) is 0. The number of halogens is 5. The number of hydrogen-bond donors (Lipinski definition) is 1. The summed E-state index contributed by atoms with van der Waals surface area (Å²) >= 11 is 3.32. The molecule has 0 amide bonds. The van der Waals surface area contributed by atoms with Crippen LogP contribution < -0.4 is 5.32 Å². The third-order valence-electron chi connectivity index (χ3n) is 2.72. The first-order valence-electron chi connectivity index (χ1n) is 5.72. The molecule has 20 heavy (non-hydrogen) atoms. The molecule has 2 aromatic carbocycles. The first-order chi connectivity index (χ1) is 9.38. The summed E-state index contributed by atoms with van der Waals surface area (Å²) in [6.07, 6.45) is -4.49. The quantitative estimate of drug-likeness (QED) is 0.750. The second kappa shape index (κ2) is 5.83. The Labute approximate surface area is 121 Å². The average molecular weight is 348 g/mol. The van der Waals surface area contributed by atoms with Gasteiger partial charge in [-0.05, 0) is 29.8 Å². The molecule has 0 saturated heterocycles. The molecular weight excluding hydrogens is 338 g/mol. The smallest absolute Gasteiger partial charge is 0.379 e. The molecule has 6 heteroatoms. The van der Waals surface area contributed by atoms with Crippen LogP contribution in [-0.4, -0.2) is 0 Å². The SMILES string of the molecule is Fc1ccc(C(F)(F)F)cc1NCc1ccccc1Br. The molecule has 0 fully saturated rings. The molecule has 0 unspecified atom stereocenters. The number of alkyl halides is 3. The van der Waals surface area contributed by atoms with Crippen molar-refractivity contribution in [1.82, 2.24) is 0 Å². The number of nitrogens with one attached hydrogen (secondary N) is 1. The standard InChI is InChI=1S/C14H10BrF4N/c15-11-4-2-1-3-9(11)8-20-13-7-10(14(17,18)19)5-6-12(13)16/h1-7,20H,8H2. The van der Waals surface area contributed by atoms with Gasteiger partial charge in [-0.3, -0.25) is 0 Å². The van der Waals surface area contributed by atoms with E-state index in [0.29, 0.717) is 0 Å². The number of anilines is 1. The van der Waals surface area contributed by atoms with Gasteiger partial charge in [-0.25, -0.2) is 4.39 Å². The normalized spacial score (nSPS) is 11.4. The van der Waals surface area contributed by atoms with E-state index in [4.69, 9.17) is 0 Å². The highest BCUT2D eigenvalue weighted by Crippen LogP contribution is 2.32. The second-order valence-electron chi connectivity index (χ2n) is 4.14. The van der Waals surface area contributed by atoms with E-state index in [9.17, 15) is 17.6 Å². The topological polar surface area (TPSA) is 12.0 Å². The van der Waals surface area contributed by atoms with Crippen molar-refractivity contribution in [3.63, 3.8) is 0 Å². The zero-order valence-corrected chi connectivity index (χ0v) is 11.7. The van der Waals surface area contributed by atoms with Crippen LogP contribution in [0.25, 0.3) is 0 Å². The molecule has 0 radical (unpaired) electrons. The lowest BCUT2D eigenvalue weighted by atomic mass is 10.1. The van der Waals surface area contributed by atoms with Gasteiger partial charge < -0.3 is 5.32 Å². The Kier molecular flexibility index (Phi) is 4.32. The molecule has 1 nitrogen and oxygen atoms in total. The van der Waals surface area contributed by atoms with Gasteiger partial charge >= 0.3 is 6.18 Å². The van der Waals surface area contributed by atoms with Crippen LogP contribution in [-0.2, 0) is 12.7 Å². The largest absolute Gasteiger partial charge is 0.416 e. The van der Waals surface area contributed by atoms with Gasteiger partial charge in [0.2, 0.25) is 0 Å². The summed E-state index contributed by atoms with van der Waals surface area (Å²) in [6, 6.07) is 9.52. The number of hydrogen-bond acceptors (Lipinski definition) is 1. The lowest BCUT2D eigenvalue weighted by molar-refractivity contribution is -0.137. The molecule has 0 spiro atoms. The highest BCUT2D eigenvalue weighted by atomic mass is 79.9. The second-order valence-corrected chi connectivity index (χ2v) is 4.99. The molecule has 0 aliphatic heterocycles. The van der Waals surface area contributed by atoms with E-state index in [1.54, 1.807) is 18.2 Å². The van der Waals surface area contributed by atoms with Gasteiger partial charge in [-0.2, -0.15) is 13.2 Å². The first kappa shape index (κ1) is 14.8. The predicted molar refractivity (Wildman–Crippen MR) is 72.9 cm³/mol. The Morgan fingerprint density at radius 1 is 1.05 bits per heavy atom. The van der Waals surface area contributed by atoms with Crippen LogP contribution in [0.4, 0.5) is 23.2 Å². The zero-order chi connectivity index (χ0) is 14.8. The van der Waals surface area contributed by atoms with Gasteiger partial charge in [-0.1, -0.05) is 34.1 Å². The Hall–Kier alpha value is -1.56. The third kappa shape index (κ3) is 3.50. The Morgan fingerprint density at radius 2 is 1.75 bits per heavy atom. The lowest BCUT2D eigenvalue weighted by Crippen LogP contribution is -2.08. The highest BCUT2D eigenvalue weighted by molar-refractivity contribution is 9.10. The van der Waals surface area contributed by atoms with E-state index in [1.165, 1.54) is 0 Å². The van der Waals surface area contributed by atoms with Crippen molar-refractivity contribution in [2.45, 2.75) is 12.7 Å². The van der Waals surface area contributed by atoms with Crippen LogP contribution in [0, 0.1) is 5.82 Å². The van der Waals surface area contributed by atoms with Gasteiger partial charge in [0, 0.05) is 11.0 Å². The molecule has 2 aromatic rings. The van der Waals surface area contributed by atoms with E-state index in [-0.39, 0.29) is 12.2 Å². The summed E-state index contributed by atoms with van der Waals surface area (Å²) < 4.78 is 52.0. The zero-order valence-electron chi connectivity index (χ0n) is 10.1.